The van der Waals surface area contributed by atoms with Crippen LogP contribution < -0.4 is 0 Å². The number of hydrogen-bond donors (Lipinski definition) is 1. The summed E-state index contributed by atoms with van der Waals surface area (Å²) in [4.78, 5) is 9.00. The van der Waals surface area contributed by atoms with Gasteiger partial charge < -0.3 is 5.11 Å². The first kappa shape index (κ1) is 13.8. The Labute approximate surface area is 75.3 Å². The van der Waals surface area contributed by atoms with E-state index in [0.717, 1.165) is 6.92 Å². The molecule has 0 amide bonds. The lowest BCUT2D eigenvalue weighted by Gasteiger charge is -1.88. The van der Waals surface area contributed by atoms with Crippen molar-refractivity contribution in [2.75, 3.05) is 0 Å². The van der Waals surface area contributed by atoms with Gasteiger partial charge in [-0.2, -0.15) is 0 Å². The van der Waals surface area contributed by atoms with Crippen LogP contribution in [0, 0.1) is 0 Å². The zero-order chi connectivity index (χ0) is 9.82. The van der Waals surface area contributed by atoms with E-state index in [0.29, 0.717) is 0 Å². The lowest BCUT2D eigenvalue weighted by molar-refractivity contribution is -0.134. The number of carboxylic acid groups (broad SMARTS) is 1. The minimum atomic E-state index is -0.833. The fraction of sp³-hybridized carbons (Fsp3) is 0.700. The molecule has 12 heavy (non-hydrogen) atoms. The van der Waals surface area contributed by atoms with Gasteiger partial charge in [-0.3, -0.25) is 4.79 Å². The van der Waals surface area contributed by atoms with Gasteiger partial charge in [-0.05, 0) is 19.8 Å². The number of unbranched alkanes of at least 4 members (excludes halogenated alkanes) is 3. The van der Waals surface area contributed by atoms with Gasteiger partial charge in [0.2, 0.25) is 0 Å². The Hall–Kier alpha value is -0.790. The van der Waals surface area contributed by atoms with E-state index in [4.69, 9.17) is 9.90 Å². The van der Waals surface area contributed by atoms with E-state index in [1.165, 1.54) is 25.7 Å². The van der Waals surface area contributed by atoms with E-state index < -0.39 is 5.97 Å². The zero-order valence-corrected chi connectivity index (χ0v) is 8.34. The van der Waals surface area contributed by atoms with Gasteiger partial charge in [-0.15, -0.1) is 0 Å². The first-order chi connectivity index (χ1) is 5.65. The smallest absolute Gasteiger partial charge is 0.300 e. The monoisotopic (exact) mass is 172 g/mol. The summed E-state index contributed by atoms with van der Waals surface area (Å²) in [5.74, 6) is -0.833. The zero-order valence-electron chi connectivity index (χ0n) is 8.34. The molecule has 0 aliphatic carbocycles. The summed E-state index contributed by atoms with van der Waals surface area (Å²) in [5, 5.41) is 7.42. The van der Waals surface area contributed by atoms with Crippen molar-refractivity contribution in [2.24, 2.45) is 0 Å². The van der Waals surface area contributed by atoms with E-state index in [-0.39, 0.29) is 0 Å². The summed E-state index contributed by atoms with van der Waals surface area (Å²) < 4.78 is 0. The van der Waals surface area contributed by atoms with E-state index >= 15 is 0 Å². The largest absolute Gasteiger partial charge is 0.481 e. The van der Waals surface area contributed by atoms with Gasteiger partial charge in [0.25, 0.3) is 5.97 Å². The maximum absolute atomic E-state index is 9.00. The summed E-state index contributed by atoms with van der Waals surface area (Å²) in [7, 11) is 0. The second-order valence-electron chi connectivity index (χ2n) is 2.58. The second kappa shape index (κ2) is 12.8. The summed E-state index contributed by atoms with van der Waals surface area (Å²) in [5.41, 5.74) is 0. The van der Waals surface area contributed by atoms with Crippen LogP contribution in [0.4, 0.5) is 0 Å². The molecule has 0 heterocycles. The van der Waals surface area contributed by atoms with Gasteiger partial charge in [0.1, 0.15) is 0 Å². The van der Waals surface area contributed by atoms with Gasteiger partial charge in [0, 0.05) is 6.92 Å². The Morgan fingerprint density at radius 2 is 1.92 bits per heavy atom. The molecule has 0 bridgehead atoms. The van der Waals surface area contributed by atoms with Crippen molar-refractivity contribution in [3.63, 3.8) is 0 Å². The molecule has 72 valence electrons. The average molecular weight is 172 g/mol. The molecule has 2 nitrogen and oxygen atoms in total. The minimum Gasteiger partial charge on any atom is -0.481 e. The summed E-state index contributed by atoms with van der Waals surface area (Å²) in [6.07, 6.45) is 9.69. The van der Waals surface area contributed by atoms with Crippen LogP contribution in [0.15, 0.2) is 12.2 Å². The third-order valence-electron chi connectivity index (χ3n) is 1.21. The molecular formula is C10H20O2. The quantitative estimate of drug-likeness (QED) is 0.522. The first-order valence-electron chi connectivity index (χ1n) is 4.45. The minimum absolute atomic E-state index is 0.833. The van der Waals surface area contributed by atoms with Crippen molar-refractivity contribution < 1.29 is 9.90 Å². The van der Waals surface area contributed by atoms with Crippen molar-refractivity contribution in [1.29, 1.82) is 0 Å². The molecule has 0 atom stereocenters. The Morgan fingerprint density at radius 3 is 2.25 bits per heavy atom. The van der Waals surface area contributed by atoms with Crippen molar-refractivity contribution in [3.8, 4) is 0 Å². The number of rotatable bonds is 4. The van der Waals surface area contributed by atoms with Crippen LogP contribution in [-0.4, -0.2) is 11.1 Å². The first-order valence-corrected chi connectivity index (χ1v) is 4.45. The molecule has 2 heteroatoms. The third-order valence-corrected chi connectivity index (χ3v) is 1.21. The van der Waals surface area contributed by atoms with Crippen LogP contribution in [0.1, 0.15) is 46.5 Å². The predicted octanol–water partition coefficient (Wildman–Crippen LogP) is 3.23. The Bertz CT molecular complexity index is 113. The standard InChI is InChI=1S/C8H16.C2H4O2/c1-3-5-7-8-6-4-2;1-2(3)4/h3,5H,4,6-8H2,1-2H3;1H3,(H,3,4). The van der Waals surface area contributed by atoms with Gasteiger partial charge in [0.05, 0.1) is 0 Å². The maximum Gasteiger partial charge on any atom is 0.300 e. The molecule has 0 rings (SSSR count). The SMILES string of the molecule is CC(=O)O.CC=CCCCCC. The van der Waals surface area contributed by atoms with Crippen LogP contribution in [0.5, 0.6) is 0 Å². The van der Waals surface area contributed by atoms with Gasteiger partial charge in [-0.25, -0.2) is 0 Å². The predicted molar refractivity (Wildman–Crippen MR) is 52.3 cm³/mol. The third kappa shape index (κ3) is 35.0. The molecule has 0 unspecified atom stereocenters. The highest BCUT2D eigenvalue weighted by atomic mass is 16.4. The lowest BCUT2D eigenvalue weighted by Crippen LogP contribution is -1.78. The summed E-state index contributed by atoms with van der Waals surface area (Å²) >= 11 is 0. The molecule has 0 fully saturated rings. The molecule has 0 aliphatic rings. The van der Waals surface area contributed by atoms with Gasteiger partial charge in [0.15, 0.2) is 0 Å². The van der Waals surface area contributed by atoms with Crippen LogP contribution in [-0.2, 0) is 4.79 Å². The topological polar surface area (TPSA) is 37.3 Å². The molecule has 0 aromatic rings. The Balaban J connectivity index is 0. The molecule has 1 N–H and O–H groups in total. The molecule has 0 spiro atoms. The van der Waals surface area contributed by atoms with Crippen molar-refractivity contribution in [1.82, 2.24) is 0 Å². The molecular weight excluding hydrogens is 152 g/mol. The molecule has 0 saturated carbocycles. The fourth-order valence-electron chi connectivity index (χ4n) is 0.679. The lowest BCUT2D eigenvalue weighted by atomic mass is 10.2. The maximum atomic E-state index is 9.00. The van der Waals surface area contributed by atoms with E-state index in [2.05, 4.69) is 26.0 Å². The van der Waals surface area contributed by atoms with E-state index in [1.807, 2.05) is 0 Å². The molecule has 0 aliphatic heterocycles. The van der Waals surface area contributed by atoms with Gasteiger partial charge >= 0.3 is 0 Å². The highest BCUT2D eigenvalue weighted by Gasteiger charge is 1.78. The van der Waals surface area contributed by atoms with Crippen molar-refractivity contribution in [2.45, 2.75) is 46.5 Å². The summed E-state index contributed by atoms with van der Waals surface area (Å²) in [6, 6.07) is 0. The number of aliphatic carboxylic acids is 1. The Kier molecular flexibility index (Phi) is 14.8. The highest BCUT2D eigenvalue weighted by molar-refractivity contribution is 5.62. The van der Waals surface area contributed by atoms with Crippen molar-refractivity contribution >= 4 is 5.97 Å². The molecule has 0 aromatic heterocycles. The van der Waals surface area contributed by atoms with Crippen LogP contribution in [0.3, 0.4) is 0 Å². The number of hydrogen-bond acceptors (Lipinski definition) is 1. The van der Waals surface area contributed by atoms with Gasteiger partial charge in [-0.1, -0.05) is 31.9 Å². The average Bonchev–Trinajstić information content (AvgIpc) is 1.97. The van der Waals surface area contributed by atoms with Crippen LogP contribution >= 0.6 is 0 Å². The van der Waals surface area contributed by atoms with Crippen LogP contribution in [0.2, 0.25) is 0 Å². The second-order valence-corrected chi connectivity index (χ2v) is 2.58. The van der Waals surface area contributed by atoms with Crippen molar-refractivity contribution in [3.05, 3.63) is 12.2 Å². The molecule has 0 radical (unpaired) electrons. The normalized spacial score (nSPS) is 9.25. The summed E-state index contributed by atoms with van der Waals surface area (Å²) in [6.45, 7) is 5.39. The van der Waals surface area contributed by atoms with Crippen LogP contribution in [0.25, 0.3) is 0 Å². The fourth-order valence-corrected chi connectivity index (χ4v) is 0.679. The number of carbonyl (C=O) groups is 1. The molecule has 0 saturated heterocycles. The van der Waals surface area contributed by atoms with E-state index in [9.17, 15) is 0 Å². The number of carboxylic acids is 1. The Morgan fingerprint density at radius 1 is 1.42 bits per heavy atom. The molecule has 0 aromatic carbocycles. The van der Waals surface area contributed by atoms with E-state index in [1.54, 1.807) is 0 Å². The number of allylic oxidation sites excluding steroid dienone is 2. The highest BCUT2D eigenvalue weighted by Crippen LogP contribution is 1.98.